The molecule has 0 amide bonds. The van der Waals surface area contributed by atoms with Gasteiger partial charge in [-0.1, -0.05) is 23.2 Å². The van der Waals surface area contributed by atoms with E-state index in [-0.39, 0.29) is 32.4 Å². The second-order valence-electron chi connectivity index (χ2n) is 2.49. The smallest absolute Gasteiger partial charge is 0.211 e. The molecule has 86 valence electrons. The molecule has 0 saturated heterocycles. The highest BCUT2D eigenvalue weighted by atomic mass is 35.5. The van der Waals surface area contributed by atoms with Crippen LogP contribution in [0.3, 0.4) is 0 Å². The maximum atomic E-state index is 12.0. The summed E-state index contributed by atoms with van der Waals surface area (Å²) in [4.78, 5) is 13.0. The van der Waals surface area contributed by atoms with Crippen molar-refractivity contribution in [3.05, 3.63) is 22.2 Å². The molecule has 2 nitrogen and oxygen atoms in total. The van der Waals surface area contributed by atoms with E-state index in [2.05, 4.69) is 4.99 Å². The van der Waals surface area contributed by atoms with Gasteiger partial charge in [0.1, 0.15) is 5.69 Å². The Hall–Kier alpha value is -0.680. The lowest BCUT2D eigenvalue weighted by Gasteiger charge is -2.07. The molecule has 0 unspecified atom stereocenters. The van der Waals surface area contributed by atoms with E-state index < -0.39 is 5.51 Å². The molecule has 0 aliphatic carbocycles. The number of carbonyl (C=O) groups excluding carboxylic acids is 1. The van der Waals surface area contributed by atoms with Crippen LogP contribution in [0.5, 0.6) is 0 Å². The fourth-order valence-electron chi connectivity index (χ4n) is 0.887. The quantitative estimate of drug-likeness (QED) is 0.453. The van der Waals surface area contributed by atoms with E-state index in [4.69, 9.17) is 23.2 Å². The number of halogens is 5. The molecule has 0 saturated carbocycles. The minimum Gasteiger partial charge on any atom is -0.211 e. The van der Waals surface area contributed by atoms with Gasteiger partial charge in [-0.15, -0.1) is 0 Å². The van der Waals surface area contributed by atoms with Gasteiger partial charge in [0.2, 0.25) is 6.08 Å². The van der Waals surface area contributed by atoms with Gasteiger partial charge < -0.3 is 0 Å². The van der Waals surface area contributed by atoms with Crippen molar-refractivity contribution >= 4 is 46.7 Å². The second kappa shape index (κ2) is 5.10. The fourth-order valence-corrected chi connectivity index (χ4v) is 2.21. The third kappa shape index (κ3) is 3.72. The van der Waals surface area contributed by atoms with Crippen molar-refractivity contribution in [3.8, 4) is 0 Å². The number of thioether (sulfide) groups is 1. The molecule has 0 radical (unpaired) electrons. The molecule has 16 heavy (non-hydrogen) atoms. The van der Waals surface area contributed by atoms with Gasteiger partial charge in [-0.2, -0.15) is 18.2 Å². The summed E-state index contributed by atoms with van der Waals surface area (Å²) in [6, 6.07) is 2.06. The molecule has 0 fully saturated rings. The Bertz CT molecular complexity index is 434. The Morgan fingerprint density at radius 3 is 2.12 bits per heavy atom. The number of aliphatic imine (C=N–C) groups is 1. The van der Waals surface area contributed by atoms with Crippen molar-refractivity contribution in [2.45, 2.75) is 10.4 Å². The highest BCUT2D eigenvalue weighted by Gasteiger charge is 2.29. The summed E-state index contributed by atoms with van der Waals surface area (Å²) in [5, 5.41) is -0.273. The van der Waals surface area contributed by atoms with Crippen LogP contribution >= 0.6 is 35.0 Å². The van der Waals surface area contributed by atoms with Gasteiger partial charge in [-0.3, -0.25) is 0 Å². The van der Waals surface area contributed by atoms with Crippen molar-refractivity contribution in [1.82, 2.24) is 0 Å². The molecule has 0 aliphatic rings. The maximum Gasteiger partial charge on any atom is 0.446 e. The molecule has 1 aromatic rings. The summed E-state index contributed by atoms with van der Waals surface area (Å²) < 4.78 is 36.1. The third-order valence-electron chi connectivity index (χ3n) is 1.38. The lowest BCUT2D eigenvalue weighted by molar-refractivity contribution is -0.0328. The summed E-state index contributed by atoms with van der Waals surface area (Å²) in [6.45, 7) is 0. The second-order valence-corrected chi connectivity index (χ2v) is 4.44. The Morgan fingerprint density at radius 2 is 1.75 bits per heavy atom. The number of isocyanates is 1. The van der Waals surface area contributed by atoms with Crippen LogP contribution < -0.4 is 0 Å². The van der Waals surface area contributed by atoms with Crippen molar-refractivity contribution < 1.29 is 18.0 Å². The van der Waals surface area contributed by atoms with Gasteiger partial charge in [-0.25, -0.2) is 4.79 Å². The van der Waals surface area contributed by atoms with E-state index in [0.29, 0.717) is 0 Å². The van der Waals surface area contributed by atoms with E-state index in [0.717, 1.165) is 12.1 Å². The Balaban J connectivity index is 3.14. The Kier molecular flexibility index (Phi) is 4.27. The molecule has 0 spiro atoms. The molecule has 0 aliphatic heterocycles. The van der Waals surface area contributed by atoms with E-state index >= 15 is 0 Å². The van der Waals surface area contributed by atoms with Gasteiger partial charge >= 0.3 is 5.51 Å². The zero-order valence-electron chi connectivity index (χ0n) is 7.31. The summed E-state index contributed by atoms with van der Waals surface area (Å²) >= 11 is 10.9. The van der Waals surface area contributed by atoms with Gasteiger partial charge in [0.05, 0.1) is 10.0 Å². The molecule has 0 atom stereocenters. The molecule has 0 heterocycles. The lowest BCUT2D eigenvalue weighted by Crippen LogP contribution is -1.98. The van der Waals surface area contributed by atoms with Gasteiger partial charge in [0.25, 0.3) is 0 Å². The average molecular weight is 288 g/mol. The van der Waals surface area contributed by atoms with E-state index in [1.165, 1.54) is 6.08 Å². The Labute approximate surface area is 102 Å². The Morgan fingerprint density at radius 1 is 1.25 bits per heavy atom. The molecule has 1 aromatic carbocycles. The van der Waals surface area contributed by atoms with Crippen molar-refractivity contribution in [2.75, 3.05) is 0 Å². The fraction of sp³-hybridized carbons (Fsp3) is 0.125. The minimum atomic E-state index is -4.43. The van der Waals surface area contributed by atoms with Gasteiger partial charge in [0.15, 0.2) is 0 Å². The molecular weight excluding hydrogens is 286 g/mol. The van der Waals surface area contributed by atoms with Crippen LogP contribution in [-0.2, 0) is 4.79 Å². The minimum absolute atomic E-state index is 0.0927. The number of benzene rings is 1. The molecule has 1 rings (SSSR count). The van der Waals surface area contributed by atoms with Gasteiger partial charge in [0, 0.05) is 4.90 Å². The highest BCUT2D eigenvalue weighted by molar-refractivity contribution is 8.00. The van der Waals surface area contributed by atoms with E-state index in [1.54, 1.807) is 0 Å². The van der Waals surface area contributed by atoms with Crippen LogP contribution in [0.15, 0.2) is 22.0 Å². The summed E-state index contributed by atoms with van der Waals surface area (Å²) in [5.41, 5.74) is -4.52. The van der Waals surface area contributed by atoms with Crippen LogP contribution in [-0.4, -0.2) is 11.6 Å². The number of hydrogen-bond donors (Lipinski definition) is 0. The summed E-state index contributed by atoms with van der Waals surface area (Å²) in [6.07, 6.45) is 1.21. The zero-order valence-corrected chi connectivity index (χ0v) is 9.64. The normalized spacial score (nSPS) is 11.1. The number of alkyl halides is 3. The van der Waals surface area contributed by atoms with E-state index in [1.807, 2.05) is 0 Å². The predicted octanol–water partition coefficient (Wildman–Crippen LogP) is 4.57. The number of nitrogens with zero attached hydrogens (tertiary/aromatic N) is 1. The van der Waals surface area contributed by atoms with Gasteiger partial charge in [-0.05, 0) is 23.9 Å². The molecule has 0 N–H and O–H groups in total. The monoisotopic (exact) mass is 287 g/mol. The predicted molar refractivity (Wildman–Crippen MR) is 56.2 cm³/mol. The van der Waals surface area contributed by atoms with Crippen molar-refractivity contribution in [1.29, 1.82) is 0 Å². The topological polar surface area (TPSA) is 29.4 Å². The number of rotatable bonds is 2. The van der Waals surface area contributed by atoms with Crippen LogP contribution in [0.4, 0.5) is 18.9 Å². The molecule has 0 bridgehead atoms. The van der Waals surface area contributed by atoms with E-state index in [9.17, 15) is 18.0 Å². The summed E-state index contributed by atoms with van der Waals surface area (Å²) in [7, 11) is 0. The first-order valence-electron chi connectivity index (χ1n) is 3.66. The number of hydrogen-bond acceptors (Lipinski definition) is 3. The van der Waals surface area contributed by atoms with Crippen LogP contribution in [0.1, 0.15) is 0 Å². The van der Waals surface area contributed by atoms with Crippen LogP contribution in [0, 0.1) is 0 Å². The molecule has 8 heteroatoms. The molecule has 0 aromatic heterocycles. The average Bonchev–Trinajstić information content (AvgIpc) is 2.08. The first kappa shape index (κ1) is 13.4. The maximum absolute atomic E-state index is 12.0. The van der Waals surface area contributed by atoms with Crippen LogP contribution in [0.25, 0.3) is 0 Å². The standard InChI is InChI=1S/C8H2Cl2F3NOS/c9-5-1-4(16-8(11,12)13)2-6(10)7(5)14-3-15/h1-2H. The first-order chi connectivity index (χ1) is 7.33. The highest BCUT2D eigenvalue weighted by Crippen LogP contribution is 2.42. The first-order valence-corrected chi connectivity index (χ1v) is 5.23. The summed E-state index contributed by atoms with van der Waals surface area (Å²) in [5.74, 6) is 0. The third-order valence-corrected chi connectivity index (χ3v) is 2.66. The largest absolute Gasteiger partial charge is 0.446 e. The zero-order chi connectivity index (χ0) is 12.3. The SMILES string of the molecule is O=C=Nc1c(Cl)cc(SC(F)(F)F)cc1Cl. The molecular formula is C8H2Cl2F3NOS. The lowest BCUT2D eigenvalue weighted by atomic mass is 10.3. The van der Waals surface area contributed by atoms with Crippen LogP contribution in [0.2, 0.25) is 10.0 Å². The van der Waals surface area contributed by atoms with Crippen molar-refractivity contribution in [2.24, 2.45) is 4.99 Å². The van der Waals surface area contributed by atoms with Crippen molar-refractivity contribution in [3.63, 3.8) is 0 Å².